The van der Waals surface area contributed by atoms with E-state index in [0.29, 0.717) is 17.4 Å². The maximum absolute atomic E-state index is 14.0. The number of carbonyl (C=O) groups excluding carboxylic acids is 2. The zero-order valence-corrected chi connectivity index (χ0v) is 25.9. The van der Waals surface area contributed by atoms with Crippen LogP contribution in [0.5, 0.6) is 5.75 Å². The fraction of sp³-hybridized carbons (Fsp3) is 0.355. The van der Waals surface area contributed by atoms with E-state index in [1.165, 1.54) is 29.2 Å². The second-order valence-corrected chi connectivity index (χ2v) is 13.1. The van der Waals surface area contributed by atoms with Gasteiger partial charge in [-0.15, -0.1) is 0 Å². The Labute approximate surface area is 248 Å². The summed E-state index contributed by atoms with van der Waals surface area (Å²) in [5, 5.41) is 3.31. The van der Waals surface area contributed by atoms with Gasteiger partial charge in [-0.3, -0.25) is 13.9 Å². The maximum atomic E-state index is 14.0. The molecule has 0 radical (unpaired) electrons. The van der Waals surface area contributed by atoms with E-state index in [9.17, 15) is 18.0 Å². The number of anilines is 1. The summed E-state index contributed by atoms with van der Waals surface area (Å²) in [6, 6.07) is 18.9. The Morgan fingerprint density at radius 3 is 2.15 bits per heavy atom. The smallest absolute Gasteiger partial charge is 0.264 e. The molecule has 1 N–H and O–H groups in total. The second-order valence-electron chi connectivity index (χ2n) is 10.8. The topological polar surface area (TPSA) is 96.0 Å². The summed E-state index contributed by atoms with van der Waals surface area (Å²) >= 11 is 6.01. The fourth-order valence-electron chi connectivity index (χ4n) is 4.17. The number of ether oxygens (including phenoxy) is 1. The van der Waals surface area contributed by atoms with Crippen molar-refractivity contribution in [3.05, 3.63) is 88.9 Å². The number of amides is 2. The van der Waals surface area contributed by atoms with Crippen LogP contribution in [0.15, 0.2) is 77.7 Å². The average molecular weight is 600 g/mol. The third kappa shape index (κ3) is 8.47. The van der Waals surface area contributed by atoms with Crippen molar-refractivity contribution in [3.63, 3.8) is 0 Å². The van der Waals surface area contributed by atoms with E-state index in [1.54, 1.807) is 31.2 Å². The predicted octanol–water partition coefficient (Wildman–Crippen LogP) is 5.57. The highest BCUT2D eigenvalue weighted by Gasteiger charge is 2.33. The Morgan fingerprint density at radius 1 is 0.976 bits per heavy atom. The number of hydrogen-bond donors (Lipinski definition) is 1. The maximum Gasteiger partial charge on any atom is 0.264 e. The van der Waals surface area contributed by atoms with Crippen LogP contribution >= 0.6 is 11.6 Å². The molecule has 0 heterocycles. The predicted molar refractivity (Wildman–Crippen MR) is 163 cm³/mol. The summed E-state index contributed by atoms with van der Waals surface area (Å²) in [5.74, 6) is -0.302. The number of carbonyl (C=O) groups is 2. The first-order valence-electron chi connectivity index (χ1n) is 13.4. The molecule has 0 saturated carbocycles. The fourth-order valence-corrected chi connectivity index (χ4v) is 5.71. The van der Waals surface area contributed by atoms with Crippen molar-refractivity contribution in [3.8, 4) is 5.75 Å². The van der Waals surface area contributed by atoms with E-state index in [2.05, 4.69) is 5.32 Å². The number of halogens is 1. The van der Waals surface area contributed by atoms with Gasteiger partial charge in [0.2, 0.25) is 11.8 Å². The Kier molecular flexibility index (Phi) is 10.4. The van der Waals surface area contributed by atoms with Crippen molar-refractivity contribution in [2.45, 2.75) is 64.6 Å². The largest absolute Gasteiger partial charge is 0.494 e. The summed E-state index contributed by atoms with van der Waals surface area (Å²) < 4.78 is 34.4. The van der Waals surface area contributed by atoms with Crippen LogP contribution in [0.1, 0.15) is 45.7 Å². The first-order valence-corrected chi connectivity index (χ1v) is 15.2. The molecule has 1 atom stereocenters. The first-order chi connectivity index (χ1) is 19.2. The van der Waals surface area contributed by atoms with Crippen LogP contribution in [0.25, 0.3) is 0 Å². The summed E-state index contributed by atoms with van der Waals surface area (Å²) in [6.45, 7) is 11.0. The summed E-state index contributed by atoms with van der Waals surface area (Å²) in [5.41, 5.74) is 1.56. The Balaban J connectivity index is 2.05. The molecule has 0 saturated heterocycles. The standard InChI is InChI=1S/C31H38ClN3O5S/c1-7-40-27-16-14-26(15-17-27)35(41(38,39)28-18-12-25(32)13-19-28)21-29(36)34(20-24-11-9-8-10-22(24)2)23(3)30(37)33-31(4,5)6/h8-19,23H,7,20-21H2,1-6H3,(H,33,37). The number of rotatable bonds is 11. The minimum atomic E-state index is -4.19. The van der Waals surface area contributed by atoms with Gasteiger partial charge >= 0.3 is 0 Å². The highest BCUT2D eigenvalue weighted by Crippen LogP contribution is 2.27. The van der Waals surface area contributed by atoms with Crippen molar-refractivity contribution in [2.75, 3.05) is 17.5 Å². The van der Waals surface area contributed by atoms with Gasteiger partial charge in [-0.1, -0.05) is 35.9 Å². The third-order valence-electron chi connectivity index (χ3n) is 6.38. The number of aryl methyl sites for hydroxylation is 1. The molecule has 3 aromatic rings. The molecule has 10 heteroatoms. The Bertz CT molecular complexity index is 1450. The zero-order valence-electron chi connectivity index (χ0n) is 24.3. The molecule has 3 rings (SSSR count). The molecule has 0 fully saturated rings. The van der Waals surface area contributed by atoms with Crippen LogP contribution in [-0.2, 0) is 26.2 Å². The molecule has 0 aromatic heterocycles. The molecule has 41 heavy (non-hydrogen) atoms. The average Bonchev–Trinajstić information content (AvgIpc) is 2.90. The van der Waals surface area contributed by atoms with E-state index in [1.807, 2.05) is 58.9 Å². The SMILES string of the molecule is CCOc1ccc(N(CC(=O)N(Cc2ccccc2C)C(C)C(=O)NC(C)(C)C)S(=O)(=O)c2ccc(Cl)cc2)cc1. The Morgan fingerprint density at radius 2 is 1.59 bits per heavy atom. The summed E-state index contributed by atoms with van der Waals surface area (Å²) in [4.78, 5) is 28.7. The molecule has 0 aliphatic carbocycles. The summed E-state index contributed by atoms with van der Waals surface area (Å²) in [6.07, 6.45) is 0. The molecule has 220 valence electrons. The minimum Gasteiger partial charge on any atom is -0.494 e. The van der Waals surface area contributed by atoms with Gasteiger partial charge in [-0.25, -0.2) is 8.42 Å². The van der Waals surface area contributed by atoms with Crippen LogP contribution in [-0.4, -0.2) is 49.9 Å². The first kappa shape index (κ1) is 32.0. The minimum absolute atomic E-state index is 0.0208. The quantitative estimate of drug-likeness (QED) is 0.311. The number of benzene rings is 3. The van der Waals surface area contributed by atoms with Gasteiger partial charge in [0.25, 0.3) is 10.0 Å². The van der Waals surface area contributed by atoms with Gasteiger partial charge in [0.15, 0.2) is 0 Å². The monoisotopic (exact) mass is 599 g/mol. The van der Waals surface area contributed by atoms with E-state index in [0.717, 1.165) is 15.4 Å². The highest BCUT2D eigenvalue weighted by molar-refractivity contribution is 7.92. The van der Waals surface area contributed by atoms with Crippen LogP contribution in [0.4, 0.5) is 5.69 Å². The van der Waals surface area contributed by atoms with Crippen molar-refractivity contribution in [2.24, 2.45) is 0 Å². The van der Waals surface area contributed by atoms with Gasteiger partial charge in [0, 0.05) is 17.1 Å². The van der Waals surface area contributed by atoms with E-state index in [4.69, 9.17) is 16.3 Å². The van der Waals surface area contributed by atoms with Crippen LogP contribution in [0.3, 0.4) is 0 Å². The van der Waals surface area contributed by atoms with E-state index in [-0.39, 0.29) is 23.0 Å². The lowest BCUT2D eigenvalue weighted by Crippen LogP contribution is -2.54. The van der Waals surface area contributed by atoms with E-state index < -0.39 is 34.1 Å². The van der Waals surface area contributed by atoms with Gasteiger partial charge in [0.1, 0.15) is 18.3 Å². The van der Waals surface area contributed by atoms with Crippen LogP contribution in [0.2, 0.25) is 5.02 Å². The number of nitrogens with zero attached hydrogens (tertiary/aromatic N) is 2. The third-order valence-corrected chi connectivity index (χ3v) is 8.42. The van der Waals surface area contributed by atoms with Crippen molar-refractivity contribution in [1.29, 1.82) is 0 Å². The molecule has 0 spiro atoms. The molecular formula is C31H38ClN3O5S. The van der Waals surface area contributed by atoms with Crippen LogP contribution < -0.4 is 14.4 Å². The van der Waals surface area contributed by atoms with Crippen molar-refractivity contribution >= 4 is 39.1 Å². The molecule has 3 aromatic carbocycles. The lowest BCUT2D eigenvalue weighted by Gasteiger charge is -2.33. The molecule has 1 unspecified atom stereocenters. The van der Waals surface area contributed by atoms with Gasteiger partial charge in [0.05, 0.1) is 17.2 Å². The van der Waals surface area contributed by atoms with Crippen molar-refractivity contribution < 1.29 is 22.7 Å². The van der Waals surface area contributed by atoms with Gasteiger partial charge in [-0.2, -0.15) is 0 Å². The molecular weight excluding hydrogens is 562 g/mol. The number of hydrogen-bond acceptors (Lipinski definition) is 5. The molecule has 8 nitrogen and oxygen atoms in total. The molecule has 0 aliphatic rings. The second kappa shape index (κ2) is 13.4. The number of sulfonamides is 1. The molecule has 2 amide bonds. The van der Waals surface area contributed by atoms with Gasteiger partial charge < -0.3 is 15.0 Å². The highest BCUT2D eigenvalue weighted by atomic mass is 35.5. The van der Waals surface area contributed by atoms with Crippen LogP contribution in [0, 0.1) is 6.92 Å². The summed E-state index contributed by atoms with van der Waals surface area (Å²) in [7, 11) is -4.19. The lowest BCUT2D eigenvalue weighted by molar-refractivity contribution is -0.140. The lowest BCUT2D eigenvalue weighted by atomic mass is 10.1. The molecule has 0 bridgehead atoms. The van der Waals surface area contributed by atoms with E-state index >= 15 is 0 Å². The number of nitrogens with one attached hydrogen (secondary N) is 1. The van der Waals surface area contributed by atoms with Crippen molar-refractivity contribution in [1.82, 2.24) is 10.2 Å². The van der Waals surface area contributed by atoms with Gasteiger partial charge in [-0.05, 0) is 101 Å². The normalized spacial score (nSPS) is 12.4. The molecule has 0 aliphatic heterocycles. The Hall–Kier alpha value is -3.56. The zero-order chi connectivity index (χ0) is 30.4.